The smallest absolute Gasteiger partial charge is 0.274 e. The van der Waals surface area contributed by atoms with E-state index in [4.69, 9.17) is 9.47 Å². The Hall–Kier alpha value is -2.46. The Morgan fingerprint density at radius 2 is 2.24 bits per heavy atom. The summed E-state index contributed by atoms with van der Waals surface area (Å²) in [6.45, 7) is 1.53. The van der Waals surface area contributed by atoms with Crippen molar-refractivity contribution in [1.82, 2.24) is 14.3 Å². The minimum atomic E-state index is -2.29. The van der Waals surface area contributed by atoms with Crippen molar-refractivity contribution in [2.45, 2.75) is 18.9 Å². The number of benzene rings is 1. The highest BCUT2D eigenvalue weighted by atomic mass is 32.2. The Kier molecular flexibility index (Phi) is 5.81. The first kappa shape index (κ1) is 19.8. The van der Waals surface area contributed by atoms with Crippen molar-refractivity contribution in [3.8, 4) is 16.9 Å². The molecule has 2 atom stereocenters. The first-order valence-corrected chi connectivity index (χ1v) is 10.5. The lowest BCUT2D eigenvalue weighted by Gasteiger charge is -2.18. The van der Waals surface area contributed by atoms with E-state index in [1.807, 2.05) is 24.3 Å². The Bertz CT molecular complexity index is 1100. The van der Waals surface area contributed by atoms with E-state index in [-0.39, 0.29) is 11.7 Å². The molecule has 154 valence electrons. The number of fused-ring (bicyclic) bond motifs is 1. The van der Waals surface area contributed by atoms with E-state index in [0.29, 0.717) is 37.4 Å². The van der Waals surface area contributed by atoms with Crippen LogP contribution in [0.4, 0.5) is 0 Å². The molecular formula is C20H22N3O5S-. The number of hydrogen-bond acceptors (Lipinski definition) is 5. The highest BCUT2D eigenvalue weighted by Crippen LogP contribution is 2.36. The third kappa shape index (κ3) is 4.27. The monoisotopic (exact) mass is 416 g/mol. The molecule has 0 amide bonds. The lowest BCUT2D eigenvalue weighted by Crippen LogP contribution is -2.19. The minimum absolute atomic E-state index is 0.0154. The van der Waals surface area contributed by atoms with E-state index in [1.165, 1.54) is 0 Å². The van der Waals surface area contributed by atoms with Crippen LogP contribution in [0.1, 0.15) is 12.0 Å². The molecule has 3 heterocycles. The second-order valence-corrected chi connectivity index (χ2v) is 7.80. The Labute approximate surface area is 170 Å². The van der Waals surface area contributed by atoms with Gasteiger partial charge in [0.1, 0.15) is 17.4 Å². The quantitative estimate of drug-likeness (QED) is 0.569. The van der Waals surface area contributed by atoms with E-state index >= 15 is 0 Å². The highest BCUT2D eigenvalue weighted by molar-refractivity contribution is 7.77. The second kappa shape index (κ2) is 8.50. The molecule has 9 heteroatoms. The maximum absolute atomic E-state index is 12.4. The van der Waals surface area contributed by atoms with Gasteiger partial charge in [-0.1, -0.05) is 6.07 Å². The van der Waals surface area contributed by atoms with Gasteiger partial charge < -0.3 is 23.6 Å². The van der Waals surface area contributed by atoms with Crippen molar-refractivity contribution < 1.29 is 18.2 Å². The zero-order chi connectivity index (χ0) is 20.4. The number of aromatic nitrogens is 2. The Morgan fingerprint density at radius 3 is 3.00 bits per heavy atom. The molecule has 0 spiro atoms. The number of ether oxygens (including phenoxy) is 2. The van der Waals surface area contributed by atoms with Crippen LogP contribution in [0.25, 0.3) is 22.0 Å². The van der Waals surface area contributed by atoms with Gasteiger partial charge in [-0.25, -0.2) is 4.72 Å². The van der Waals surface area contributed by atoms with Crippen molar-refractivity contribution in [3.05, 3.63) is 52.6 Å². The van der Waals surface area contributed by atoms with Gasteiger partial charge >= 0.3 is 0 Å². The van der Waals surface area contributed by atoms with E-state index < -0.39 is 11.3 Å². The number of pyridine rings is 1. The molecule has 0 radical (unpaired) electrons. The minimum Gasteiger partial charge on any atom is -0.760 e. The van der Waals surface area contributed by atoms with Gasteiger partial charge in [0.15, 0.2) is 0 Å². The summed E-state index contributed by atoms with van der Waals surface area (Å²) in [6.07, 6.45) is 4.90. The molecule has 2 aromatic heterocycles. The standard InChI is InChI=1S/C20H23N3O5S/c1-23-11-17(15-5-7-21-19(15)20(23)24)16-10-13(4-8-22-29(25)26)2-3-18(16)28-14-6-9-27-12-14/h2-3,5,7,10-11,14,21-22H,4,6,8-9,12H2,1H3,(H,25,26)/p-1. The van der Waals surface area contributed by atoms with Gasteiger partial charge in [-0.15, -0.1) is 0 Å². The number of aryl methyl sites for hydroxylation is 1. The first-order chi connectivity index (χ1) is 14.0. The largest absolute Gasteiger partial charge is 0.760 e. The molecule has 4 rings (SSSR count). The Morgan fingerprint density at radius 1 is 1.38 bits per heavy atom. The van der Waals surface area contributed by atoms with E-state index in [0.717, 1.165) is 28.5 Å². The number of nitrogens with zero attached hydrogens (tertiary/aromatic N) is 1. The third-order valence-corrected chi connectivity index (χ3v) is 5.48. The summed E-state index contributed by atoms with van der Waals surface area (Å²) in [5.74, 6) is 0.714. The number of H-pyrrole nitrogens is 1. The fourth-order valence-electron chi connectivity index (χ4n) is 3.59. The second-order valence-electron chi connectivity index (χ2n) is 7.04. The molecule has 1 fully saturated rings. The van der Waals surface area contributed by atoms with Crippen LogP contribution in [0, 0.1) is 0 Å². The summed E-state index contributed by atoms with van der Waals surface area (Å²) in [6, 6.07) is 7.71. The fraction of sp³-hybridized carbons (Fsp3) is 0.350. The number of hydrogen-bond donors (Lipinski definition) is 2. The molecule has 1 aromatic carbocycles. The molecule has 3 aromatic rings. The van der Waals surface area contributed by atoms with Crippen LogP contribution >= 0.6 is 0 Å². The molecule has 1 aliphatic heterocycles. The van der Waals surface area contributed by atoms with Gasteiger partial charge in [-0.05, 0) is 30.2 Å². The van der Waals surface area contributed by atoms with Crippen LogP contribution in [0.15, 0.2) is 41.5 Å². The number of aromatic amines is 1. The van der Waals surface area contributed by atoms with Crippen LogP contribution in [-0.2, 0) is 29.5 Å². The maximum atomic E-state index is 12.4. The van der Waals surface area contributed by atoms with Crippen LogP contribution in [-0.4, -0.2) is 44.2 Å². The molecule has 2 N–H and O–H groups in total. The van der Waals surface area contributed by atoms with Crippen molar-refractivity contribution in [2.75, 3.05) is 19.8 Å². The molecular weight excluding hydrogens is 394 g/mol. The number of rotatable bonds is 7. The average molecular weight is 416 g/mol. The lowest BCUT2D eigenvalue weighted by atomic mass is 9.99. The zero-order valence-corrected chi connectivity index (χ0v) is 16.8. The van der Waals surface area contributed by atoms with Crippen LogP contribution < -0.4 is 15.0 Å². The predicted octanol–water partition coefficient (Wildman–Crippen LogP) is 1.63. The van der Waals surface area contributed by atoms with Crippen LogP contribution in [0.5, 0.6) is 5.75 Å². The summed E-state index contributed by atoms with van der Waals surface area (Å²) < 4.78 is 37.0. The van der Waals surface area contributed by atoms with Gasteiger partial charge in [0.25, 0.3) is 5.56 Å². The average Bonchev–Trinajstić information content (AvgIpc) is 3.37. The number of nitrogens with one attached hydrogen (secondary N) is 2. The van der Waals surface area contributed by atoms with Gasteiger partial charge in [0.2, 0.25) is 0 Å². The molecule has 8 nitrogen and oxygen atoms in total. The van der Waals surface area contributed by atoms with Gasteiger partial charge in [0.05, 0.1) is 13.2 Å². The summed E-state index contributed by atoms with van der Waals surface area (Å²) in [4.78, 5) is 15.4. The molecule has 29 heavy (non-hydrogen) atoms. The van der Waals surface area contributed by atoms with Crippen molar-refractivity contribution in [2.24, 2.45) is 7.05 Å². The van der Waals surface area contributed by atoms with Crippen LogP contribution in [0.3, 0.4) is 0 Å². The van der Waals surface area contributed by atoms with Gasteiger partial charge in [-0.2, -0.15) is 0 Å². The molecule has 1 aliphatic rings. The SMILES string of the molecule is Cn1cc(-c2cc(CCNS(=O)[O-])ccc2OC2CCOC2)c2cc[nH]c2c1=O. The molecule has 0 bridgehead atoms. The van der Waals surface area contributed by atoms with Crippen molar-refractivity contribution in [3.63, 3.8) is 0 Å². The van der Waals surface area contributed by atoms with Crippen LogP contribution in [0.2, 0.25) is 0 Å². The zero-order valence-electron chi connectivity index (χ0n) is 16.0. The van der Waals surface area contributed by atoms with Crippen molar-refractivity contribution in [1.29, 1.82) is 0 Å². The molecule has 0 saturated carbocycles. The van der Waals surface area contributed by atoms with E-state index in [2.05, 4.69) is 9.71 Å². The van der Waals surface area contributed by atoms with Crippen molar-refractivity contribution >= 4 is 22.2 Å². The van der Waals surface area contributed by atoms with E-state index in [9.17, 15) is 13.6 Å². The van der Waals surface area contributed by atoms with Gasteiger partial charge in [-0.3, -0.25) is 9.00 Å². The summed E-state index contributed by atoms with van der Waals surface area (Å²) in [5, 5.41) is 0.816. The summed E-state index contributed by atoms with van der Waals surface area (Å²) in [5.41, 5.74) is 3.13. The van der Waals surface area contributed by atoms with Gasteiger partial charge in [0, 0.05) is 60.2 Å². The fourth-order valence-corrected chi connectivity index (χ4v) is 3.86. The summed E-state index contributed by atoms with van der Waals surface area (Å²) in [7, 11) is 1.72. The topological polar surface area (TPSA) is 108 Å². The summed E-state index contributed by atoms with van der Waals surface area (Å²) >= 11 is -2.29. The highest BCUT2D eigenvalue weighted by Gasteiger charge is 2.21. The normalized spacial score (nSPS) is 17.7. The maximum Gasteiger partial charge on any atom is 0.274 e. The van der Waals surface area contributed by atoms with E-state index in [1.54, 1.807) is 24.0 Å². The molecule has 2 unspecified atom stereocenters. The third-order valence-electron chi connectivity index (χ3n) is 5.04. The Balaban J connectivity index is 1.78. The molecule has 1 saturated heterocycles. The molecule has 0 aliphatic carbocycles. The first-order valence-electron chi connectivity index (χ1n) is 9.40. The predicted molar refractivity (Wildman–Crippen MR) is 109 cm³/mol. The lowest BCUT2D eigenvalue weighted by molar-refractivity contribution is 0.141.